The van der Waals surface area contributed by atoms with Crippen molar-refractivity contribution in [3.05, 3.63) is 51.2 Å². The normalized spacial score (nSPS) is 12.6. The van der Waals surface area contributed by atoms with Crippen LogP contribution in [0.1, 0.15) is 41.2 Å². The Morgan fingerprint density at radius 1 is 1.37 bits per heavy atom. The van der Waals surface area contributed by atoms with Crippen molar-refractivity contribution in [1.82, 2.24) is 10.3 Å². The zero-order chi connectivity index (χ0) is 13.8. The maximum absolute atomic E-state index is 13.4. The maximum atomic E-state index is 13.4. The summed E-state index contributed by atoms with van der Waals surface area (Å²) < 4.78 is 13.4. The van der Waals surface area contributed by atoms with E-state index in [1.165, 1.54) is 6.07 Å². The molecule has 19 heavy (non-hydrogen) atoms. The SMILES string of the molecule is CCCNC(c1ccc(F)c(C)c1)c1nc(C)cs1. The highest BCUT2D eigenvalue weighted by atomic mass is 32.1. The van der Waals surface area contributed by atoms with Gasteiger partial charge < -0.3 is 5.32 Å². The van der Waals surface area contributed by atoms with E-state index in [1.54, 1.807) is 18.3 Å². The van der Waals surface area contributed by atoms with Crippen LogP contribution >= 0.6 is 11.3 Å². The minimum absolute atomic E-state index is 0.0537. The minimum atomic E-state index is -0.159. The summed E-state index contributed by atoms with van der Waals surface area (Å²) in [5.74, 6) is -0.159. The summed E-state index contributed by atoms with van der Waals surface area (Å²) in [4.78, 5) is 4.55. The van der Waals surface area contributed by atoms with Gasteiger partial charge >= 0.3 is 0 Å². The highest BCUT2D eigenvalue weighted by Crippen LogP contribution is 2.26. The van der Waals surface area contributed by atoms with E-state index in [-0.39, 0.29) is 11.9 Å². The van der Waals surface area contributed by atoms with Gasteiger partial charge in [0.1, 0.15) is 10.8 Å². The topological polar surface area (TPSA) is 24.9 Å². The van der Waals surface area contributed by atoms with E-state index in [0.717, 1.165) is 29.2 Å². The van der Waals surface area contributed by atoms with E-state index in [9.17, 15) is 4.39 Å². The lowest BCUT2D eigenvalue weighted by Crippen LogP contribution is -2.23. The van der Waals surface area contributed by atoms with Gasteiger partial charge in [-0.1, -0.05) is 19.1 Å². The Balaban J connectivity index is 2.33. The molecule has 1 aromatic carbocycles. The third kappa shape index (κ3) is 3.39. The fourth-order valence-corrected chi connectivity index (χ4v) is 2.88. The fraction of sp³-hybridized carbons (Fsp3) is 0.400. The van der Waals surface area contributed by atoms with Gasteiger partial charge in [-0.05, 0) is 44.0 Å². The van der Waals surface area contributed by atoms with Crippen LogP contribution in [0.2, 0.25) is 0 Å². The van der Waals surface area contributed by atoms with Crippen LogP contribution in [0.25, 0.3) is 0 Å². The zero-order valence-electron chi connectivity index (χ0n) is 11.5. The Hall–Kier alpha value is -1.26. The largest absolute Gasteiger partial charge is 0.304 e. The van der Waals surface area contributed by atoms with Gasteiger partial charge in [0, 0.05) is 11.1 Å². The number of thiazole rings is 1. The van der Waals surface area contributed by atoms with E-state index < -0.39 is 0 Å². The van der Waals surface area contributed by atoms with Crippen molar-refractivity contribution in [3.8, 4) is 0 Å². The summed E-state index contributed by atoms with van der Waals surface area (Å²) in [5.41, 5.74) is 2.78. The van der Waals surface area contributed by atoms with Gasteiger partial charge in [-0.2, -0.15) is 0 Å². The smallest absolute Gasteiger partial charge is 0.126 e. The molecule has 102 valence electrons. The average molecular weight is 278 g/mol. The lowest BCUT2D eigenvalue weighted by Gasteiger charge is -2.17. The van der Waals surface area contributed by atoms with Crippen molar-refractivity contribution in [1.29, 1.82) is 0 Å². The van der Waals surface area contributed by atoms with Crippen molar-refractivity contribution < 1.29 is 4.39 Å². The Labute approximate surface area is 117 Å². The Morgan fingerprint density at radius 2 is 2.16 bits per heavy atom. The predicted molar refractivity (Wildman–Crippen MR) is 78.1 cm³/mol. The molecule has 0 radical (unpaired) electrons. The quantitative estimate of drug-likeness (QED) is 0.894. The summed E-state index contributed by atoms with van der Waals surface area (Å²) in [6.07, 6.45) is 1.06. The summed E-state index contributed by atoms with van der Waals surface area (Å²) in [5, 5.41) is 6.57. The summed E-state index contributed by atoms with van der Waals surface area (Å²) in [6, 6.07) is 5.33. The van der Waals surface area contributed by atoms with Gasteiger partial charge in [0.05, 0.1) is 6.04 Å². The van der Waals surface area contributed by atoms with Gasteiger partial charge in [-0.25, -0.2) is 9.37 Å². The first-order chi connectivity index (χ1) is 9.11. The molecule has 0 aliphatic carbocycles. The highest BCUT2D eigenvalue weighted by Gasteiger charge is 2.17. The molecule has 0 saturated heterocycles. The van der Waals surface area contributed by atoms with Gasteiger partial charge in [-0.3, -0.25) is 0 Å². The molecular formula is C15H19FN2S. The molecule has 1 atom stereocenters. The van der Waals surface area contributed by atoms with Crippen LogP contribution in [-0.4, -0.2) is 11.5 Å². The maximum Gasteiger partial charge on any atom is 0.126 e. The molecule has 0 amide bonds. The molecule has 2 nitrogen and oxygen atoms in total. The fourth-order valence-electron chi connectivity index (χ4n) is 1.99. The molecule has 0 aliphatic heterocycles. The van der Waals surface area contributed by atoms with Crippen molar-refractivity contribution in [2.45, 2.75) is 33.2 Å². The molecule has 0 aliphatic rings. The number of aryl methyl sites for hydroxylation is 2. The van der Waals surface area contributed by atoms with Gasteiger partial charge in [0.25, 0.3) is 0 Å². The third-order valence-corrected chi connectivity index (χ3v) is 4.02. The van der Waals surface area contributed by atoms with E-state index in [0.29, 0.717) is 5.56 Å². The Kier molecular flexibility index (Phi) is 4.66. The second kappa shape index (κ2) is 6.26. The number of rotatable bonds is 5. The lowest BCUT2D eigenvalue weighted by molar-refractivity contribution is 0.587. The number of hydrogen-bond donors (Lipinski definition) is 1. The number of aromatic nitrogens is 1. The molecule has 1 heterocycles. The molecule has 2 rings (SSSR count). The van der Waals surface area contributed by atoms with Crippen LogP contribution in [0.5, 0.6) is 0 Å². The van der Waals surface area contributed by atoms with E-state index in [1.807, 2.05) is 24.4 Å². The Morgan fingerprint density at radius 3 is 2.74 bits per heavy atom. The molecule has 1 aromatic heterocycles. The summed E-state index contributed by atoms with van der Waals surface area (Å²) in [6.45, 7) is 6.84. The molecule has 1 unspecified atom stereocenters. The molecule has 0 spiro atoms. The molecule has 2 aromatic rings. The van der Waals surface area contributed by atoms with Gasteiger partial charge in [0.2, 0.25) is 0 Å². The van der Waals surface area contributed by atoms with E-state index >= 15 is 0 Å². The Bertz CT molecular complexity index is 551. The lowest BCUT2D eigenvalue weighted by atomic mass is 10.0. The molecule has 1 N–H and O–H groups in total. The van der Waals surface area contributed by atoms with Crippen molar-refractivity contribution in [2.24, 2.45) is 0 Å². The number of halogens is 1. The second-order valence-electron chi connectivity index (χ2n) is 4.72. The minimum Gasteiger partial charge on any atom is -0.304 e. The van der Waals surface area contributed by atoms with Crippen molar-refractivity contribution >= 4 is 11.3 Å². The number of nitrogens with one attached hydrogen (secondary N) is 1. The van der Waals surface area contributed by atoms with Crippen molar-refractivity contribution in [2.75, 3.05) is 6.54 Å². The monoisotopic (exact) mass is 278 g/mol. The van der Waals surface area contributed by atoms with Crippen molar-refractivity contribution in [3.63, 3.8) is 0 Å². The van der Waals surface area contributed by atoms with Crippen LogP contribution in [0.4, 0.5) is 4.39 Å². The molecular weight excluding hydrogens is 259 g/mol. The zero-order valence-corrected chi connectivity index (χ0v) is 12.4. The first kappa shape index (κ1) is 14.2. The average Bonchev–Trinajstić information content (AvgIpc) is 2.80. The van der Waals surface area contributed by atoms with E-state index in [4.69, 9.17) is 0 Å². The second-order valence-corrected chi connectivity index (χ2v) is 5.61. The van der Waals surface area contributed by atoms with Crippen LogP contribution in [0.15, 0.2) is 23.6 Å². The molecule has 0 bridgehead atoms. The highest BCUT2D eigenvalue weighted by molar-refractivity contribution is 7.09. The van der Waals surface area contributed by atoms with Gasteiger partial charge in [-0.15, -0.1) is 11.3 Å². The molecule has 0 fully saturated rings. The van der Waals surface area contributed by atoms with Crippen LogP contribution in [0.3, 0.4) is 0 Å². The number of benzene rings is 1. The van der Waals surface area contributed by atoms with E-state index in [2.05, 4.69) is 17.2 Å². The third-order valence-electron chi connectivity index (χ3n) is 3.00. The first-order valence-electron chi connectivity index (χ1n) is 6.53. The first-order valence-corrected chi connectivity index (χ1v) is 7.41. The predicted octanol–water partition coefficient (Wildman–Crippen LogP) is 3.99. The van der Waals surface area contributed by atoms with Crippen LogP contribution in [0, 0.1) is 19.7 Å². The van der Waals surface area contributed by atoms with Crippen LogP contribution in [-0.2, 0) is 0 Å². The summed E-state index contributed by atoms with van der Waals surface area (Å²) in [7, 11) is 0. The summed E-state index contributed by atoms with van der Waals surface area (Å²) >= 11 is 1.65. The molecule has 0 saturated carbocycles. The number of nitrogens with zero attached hydrogens (tertiary/aromatic N) is 1. The van der Waals surface area contributed by atoms with Crippen LogP contribution < -0.4 is 5.32 Å². The standard InChI is InChI=1S/C15H19FN2S/c1-4-7-17-14(15-18-11(3)9-19-15)12-5-6-13(16)10(2)8-12/h5-6,8-9,14,17H,4,7H2,1-3H3. The molecule has 4 heteroatoms. The van der Waals surface area contributed by atoms with Gasteiger partial charge in [0.15, 0.2) is 0 Å². The number of hydrogen-bond acceptors (Lipinski definition) is 3.